The molecule has 1 saturated carbocycles. The van der Waals surface area contributed by atoms with Crippen molar-refractivity contribution in [1.82, 2.24) is 5.32 Å². The molecule has 0 radical (unpaired) electrons. The number of esters is 1. The van der Waals surface area contributed by atoms with Crippen LogP contribution in [-0.2, 0) is 22.6 Å². The zero-order valence-corrected chi connectivity index (χ0v) is 14.1. The monoisotopic (exact) mass is 359 g/mol. The molecule has 0 aromatic heterocycles. The van der Waals surface area contributed by atoms with Crippen molar-refractivity contribution >= 4 is 11.9 Å². The van der Waals surface area contributed by atoms with Crippen LogP contribution in [0.15, 0.2) is 54.6 Å². The van der Waals surface area contributed by atoms with Crippen LogP contribution < -0.4 is 5.32 Å². The summed E-state index contributed by atoms with van der Waals surface area (Å²) in [6, 6.07) is 15.4. The van der Waals surface area contributed by atoms with E-state index in [2.05, 4.69) is 5.32 Å². The molecule has 0 aliphatic heterocycles. The van der Waals surface area contributed by atoms with Crippen LogP contribution in [0.25, 0.3) is 0 Å². The van der Waals surface area contributed by atoms with E-state index < -0.39 is 23.8 Å². The van der Waals surface area contributed by atoms with Crippen LogP contribution >= 0.6 is 0 Å². The minimum absolute atomic E-state index is 0.0372. The van der Waals surface area contributed by atoms with Gasteiger partial charge in [0.2, 0.25) is 0 Å². The van der Waals surface area contributed by atoms with Gasteiger partial charge in [0.25, 0.3) is 11.8 Å². The molecule has 0 unspecified atom stereocenters. The Labute approximate surface area is 150 Å². The number of hydrogen-bond donors (Lipinski definition) is 1. The third-order valence-corrected chi connectivity index (χ3v) is 4.21. The van der Waals surface area contributed by atoms with Gasteiger partial charge >= 0.3 is 5.97 Å². The van der Waals surface area contributed by atoms with Crippen LogP contribution in [-0.4, -0.2) is 23.8 Å². The fourth-order valence-corrected chi connectivity index (χ4v) is 2.81. The summed E-state index contributed by atoms with van der Waals surface area (Å²) in [6.45, 7) is 0.190. The van der Waals surface area contributed by atoms with Gasteiger partial charge in [-0.25, -0.2) is 8.78 Å². The van der Waals surface area contributed by atoms with E-state index in [1.54, 1.807) is 24.3 Å². The Morgan fingerprint density at radius 3 is 2.42 bits per heavy atom. The highest BCUT2D eigenvalue weighted by Crippen LogP contribution is 2.37. The second-order valence-corrected chi connectivity index (χ2v) is 6.46. The molecule has 1 aliphatic carbocycles. The molecule has 1 fully saturated rings. The Morgan fingerprint density at radius 1 is 1.04 bits per heavy atom. The van der Waals surface area contributed by atoms with Crippen LogP contribution in [0.3, 0.4) is 0 Å². The number of amides is 1. The lowest BCUT2D eigenvalue weighted by Crippen LogP contribution is -2.50. The Balaban J connectivity index is 1.52. The number of carbonyl (C=O) groups excluding carboxylic acids is 2. The van der Waals surface area contributed by atoms with Crippen molar-refractivity contribution in [3.8, 4) is 0 Å². The van der Waals surface area contributed by atoms with Crippen LogP contribution in [0.5, 0.6) is 0 Å². The first-order valence-corrected chi connectivity index (χ1v) is 8.38. The predicted molar refractivity (Wildman–Crippen MR) is 91.8 cm³/mol. The summed E-state index contributed by atoms with van der Waals surface area (Å²) in [5.74, 6) is -3.49. The SMILES string of the molecule is O=C(Cc1cccc(C(=O)NC2CC(F)(F)C2)c1)OCc1ccccc1. The van der Waals surface area contributed by atoms with E-state index in [1.165, 1.54) is 0 Å². The highest BCUT2D eigenvalue weighted by atomic mass is 19.3. The minimum atomic E-state index is -2.68. The van der Waals surface area contributed by atoms with Gasteiger partial charge in [0.05, 0.1) is 6.42 Å². The Kier molecular flexibility index (Phi) is 5.30. The maximum absolute atomic E-state index is 12.8. The van der Waals surface area contributed by atoms with Crippen molar-refractivity contribution in [2.45, 2.75) is 37.8 Å². The summed E-state index contributed by atoms with van der Waals surface area (Å²) in [5, 5.41) is 2.58. The van der Waals surface area contributed by atoms with Gasteiger partial charge in [0, 0.05) is 24.4 Å². The Morgan fingerprint density at radius 2 is 1.73 bits per heavy atom. The average Bonchev–Trinajstić information content (AvgIpc) is 2.59. The zero-order chi connectivity index (χ0) is 18.6. The summed E-state index contributed by atoms with van der Waals surface area (Å²) in [5.41, 5.74) is 1.87. The predicted octanol–water partition coefficient (Wildman–Crippen LogP) is 3.50. The number of alkyl halides is 2. The molecule has 0 bridgehead atoms. The lowest BCUT2D eigenvalue weighted by molar-refractivity contribution is -0.144. The summed E-state index contributed by atoms with van der Waals surface area (Å²) in [7, 11) is 0. The van der Waals surface area contributed by atoms with E-state index in [4.69, 9.17) is 4.74 Å². The van der Waals surface area contributed by atoms with Gasteiger partial charge < -0.3 is 10.1 Å². The van der Waals surface area contributed by atoms with Crippen molar-refractivity contribution < 1.29 is 23.1 Å². The molecule has 1 amide bonds. The van der Waals surface area contributed by atoms with Crippen LogP contribution in [0.1, 0.15) is 34.3 Å². The summed E-state index contributed by atoms with van der Waals surface area (Å²) < 4.78 is 30.9. The Bertz CT molecular complexity index is 785. The maximum atomic E-state index is 12.8. The standard InChI is InChI=1S/C20H19F2NO3/c21-20(22)11-17(12-20)23-19(25)16-8-4-7-15(9-16)10-18(24)26-13-14-5-2-1-3-6-14/h1-9,17H,10-13H2,(H,23,25). The van der Waals surface area contributed by atoms with E-state index in [0.29, 0.717) is 11.1 Å². The zero-order valence-electron chi connectivity index (χ0n) is 14.1. The van der Waals surface area contributed by atoms with Gasteiger partial charge in [0.1, 0.15) is 6.61 Å². The molecule has 4 nitrogen and oxygen atoms in total. The fourth-order valence-electron chi connectivity index (χ4n) is 2.81. The van der Waals surface area contributed by atoms with E-state index in [0.717, 1.165) is 5.56 Å². The lowest BCUT2D eigenvalue weighted by Gasteiger charge is -2.35. The number of halogens is 2. The molecular formula is C20H19F2NO3. The third kappa shape index (κ3) is 4.88. The van der Waals surface area contributed by atoms with E-state index in [9.17, 15) is 18.4 Å². The van der Waals surface area contributed by atoms with Gasteiger partial charge in [-0.3, -0.25) is 9.59 Å². The van der Waals surface area contributed by atoms with Crippen LogP contribution in [0.2, 0.25) is 0 Å². The van der Waals surface area contributed by atoms with Crippen molar-refractivity contribution in [1.29, 1.82) is 0 Å². The van der Waals surface area contributed by atoms with E-state index in [-0.39, 0.29) is 25.9 Å². The molecule has 0 spiro atoms. The molecule has 6 heteroatoms. The van der Waals surface area contributed by atoms with Crippen molar-refractivity contribution in [2.24, 2.45) is 0 Å². The summed E-state index contributed by atoms with van der Waals surface area (Å²) in [4.78, 5) is 24.1. The van der Waals surface area contributed by atoms with Gasteiger partial charge in [-0.1, -0.05) is 42.5 Å². The van der Waals surface area contributed by atoms with Crippen molar-refractivity contribution in [2.75, 3.05) is 0 Å². The molecule has 1 N–H and O–H groups in total. The number of ether oxygens (including phenoxy) is 1. The number of hydrogen-bond acceptors (Lipinski definition) is 3. The number of carbonyl (C=O) groups is 2. The van der Waals surface area contributed by atoms with Crippen LogP contribution in [0, 0.1) is 0 Å². The molecule has 0 atom stereocenters. The number of nitrogens with one attached hydrogen (secondary N) is 1. The molecule has 0 heterocycles. The maximum Gasteiger partial charge on any atom is 0.310 e. The lowest BCUT2D eigenvalue weighted by atomic mass is 9.88. The smallest absolute Gasteiger partial charge is 0.310 e. The topological polar surface area (TPSA) is 55.4 Å². The largest absolute Gasteiger partial charge is 0.461 e. The third-order valence-electron chi connectivity index (χ3n) is 4.21. The average molecular weight is 359 g/mol. The first-order valence-electron chi connectivity index (χ1n) is 8.38. The molecule has 2 aromatic carbocycles. The van der Waals surface area contributed by atoms with Gasteiger partial charge in [0.15, 0.2) is 0 Å². The van der Waals surface area contributed by atoms with Gasteiger partial charge in [-0.15, -0.1) is 0 Å². The van der Waals surface area contributed by atoms with Crippen molar-refractivity contribution in [3.05, 3.63) is 71.3 Å². The Hall–Kier alpha value is -2.76. The minimum Gasteiger partial charge on any atom is -0.461 e. The molecule has 2 aromatic rings. The fraction of sp³-hybridized carbons (Fsp3) is 0.300. The summed E-state index contributed by atoms with van der Waals surface area (Å²) in [6.07, 6.45) is -0.621. The highest BCUT2D eigenvalue weighted by molar-refractivity contribution is 5.94. The second-order valence-electron chi connectivity index (χ2n) is 6.46. The molecule has 0 saturated heterocycles. The van der Waals surface area contributed by atoms with Gasteiger partial charge in [-0.05, 0) is 23.3 Å². The molecule has 3 rings (SSSR count). The molecule has 26 heavy (non-hydrogen) atoms. The van der Waals surface area contributed by atoms with Crippen LogP contribution in [0.4, 0.5) is 8.78 Å². The van der Waals surface area contributed by atoms with Gasteiger partial charge in [-0.2, -0.15) is 0 Å². The normalized spacial score (nSPS) is 15.8. The van der Waals surface area contributed by atoms with E-state index >= 15 is 0 Å². The second kappa shape index (κ2) is 7.64. The summed E-state index contributed by atoms with van der Waals surface area (Å²) >= 11 is 0. The molecule has 136 valence electrons. The molecule has 1 aliphatic rings. The van der Waals surface area contributed by atoms with Crippen molar-refractivity contribution in [3.63, 3.8) is 0 Å². The van der Waals surface area contributed by atoms with E-state index in [1.807, 2.05) is 30.3 Å². The quantitative estimate of drug-likeness (QED) is 0.803. The molecular weight excluding hydrogens is 340 g/mol. The number of rotatable bonds is 6. The first kappa shape index (κ1) is 18.0. The first-order chi connectivity index (χ1) is 12.4. The highest BCUT2D eigenvalue weighted by Gasteiger charge is 2.45. The number of benzene rings is 2.